The Labute approximate surface area is 168 Å². The summed E-state index contributed by atoms with van der Waals surface area (Å²) >= 11 is 1.27. The van der Waals surface area contributed by atoms with E-state index in [1.165, 1.54) is 26.0 Å². The molecule has 0 N–H and O–H groups in total. The lowest BCUT2D eigenvalue weighted by molar-refractivity contribution is 0.0697. The number of nitrogens with zero attached hydrogens (tertiary/aromatic N) is 4. The van der Waals surface area contributed by atoms with Crippen LogP contribution in [-0.2, 0) is 10.2 Å². The number of hydrogen-bond acceptors (Lipinski definition) is 5. The highest BCUT2D eigenvalue weighted by molar-refractivity contribution is 7.86. The highest BCUT2D eigenvalue weighted by Gasteiger charge is 2.35. The molecule has 7 nitrogen and oxygen atoms in total. The molecular weight excluding hydrogens is 403 g/mol. The van der Waals surface area contributed by atoms with Gasteiger partial charge in [-0.2, -0.15) is 17.0 Å². The van der Waals surface area contributed by atoms with E-state index in [2.05, 4.69) is 4.90 Å². The Balaban J connectivity index is 1.42. The van der Waals surface area contributed by atoms with E-state index in [4.69, 9.17) is 0 Å². The van der Waals surface area contributed by atoms with Crippen LogP contribution in [0.15, 0.2) is 24.3 Å². The lowest BCUT2D eigenvalue weighted by atomic mass is 10.2. The molecule has 2 aliphatic heterocycles. The number of carbonyl (C=O) groups excluding carboxylic acids is 1. The van der Waals surface area contributed by atoms with Crippen molar-refractivity contribution in [1.29, 1.82) is 0 Å². The van der Waals surface area contributed by atoms with Gasteiger partial charge in [-0.05, 0) is 25.2 Å². The van der Waals surface area contributed by atoms with Crippen LogP contribution in [0.1, 0.15) is 9.67 Å². The molecule has 10 heteroatoms. The van der Waals surface area contributed by atoms with Crippen molar-refractivity contribution in [3.63, 3.8) is 0 Å². The zero-order chi connectivity index (χ0) is 19.9. The Morgan fingerprint density at radius 2 is 1.61 bits per heavy atom. The van der Waals surface area contributed by atoms with E-state index < -0.39 is 10.2 Å². The summed E-state index contributed by atoms with van der Waals surface area (Å²) in [5, 5.41) is 0.451. The maximum Gasteiger partial charge on any atom is 0.282 e. The summed E-state index contributed by atoms with van der Waals surface area (Å²) in [5.41, 5.74) is 0. The van der Waals surface area contributed by atoms with Gasteiger partial charge in [-0.25, -0.2) is 4.39 Å². The molecule has 0 saturated carbocycles. The summed E-state index contributed by atoms with van der Waals surface area (Å²) in [6.45, 7) is 3.65. The molecule has 2 fully saturated rings. The van der Waals surface area contributed by atoms with Crippen LogP contribution >= 0.6 is 11.3 Å². The molecule has 152 valence electrons. The molecule has 1 aromatic heterocycles. The van der Waals surface area contributed by atoms with E-state index in [1.807, 2.05) is 7.05 Å². The molecule has 0 unspecified atom stereocenters. The van der Waals surface area contributed by atoms with Gasteiger partial charge in [0.2, 0.25) is 0 Å². The normalized spacial score (nSPS) is 20.7. The second-order valence-corrected chi connectivity index (χ2v) is 10.2. The maximum absolute atomic E-state index is 13.9. The van der Waals surface area contributed by atoms with E-state index in [0.29, 0.717) is 36.4 Å². The number of carbonyl (C=O) groups is 1. The molecule has 2 aliphatic rings. The predicted octanol–water partition coefficient (Wildman–Crippen LogP) is 1.29. The third-order valence-corrected chi connectivity index (χ3v) is 8.48. The number of amides is 1. The molecule has 28 heavy (non-hydrogen) atoms. The summed E-state index contributed by atoms with van der Waals surface area (Å²) in [6.07, 6.45) is 0. The van der Waals surface area contributed by atoms with Gasteiger partial charge in [-0.15, -0.1) is 11.3 Å². The average molecular weight is 427 g/mol. The van der Waals surface area contributed by atoms with Gasteiger partial charge in [0, 0.05) is 62.4 Å². The van der Waals surface area contributed by atoms with Gasteiger partial charge in [0.15, 0.2) is 0 Å². The van der Waals surface area contributed by atoms with E-state index >= 15 is 0 Å². The Morgan fingerprint density at radius 3 is 2.21 bits per heavy atom. The van der Waals surface area contributed by atoms with Crippen LogP contribution in [0.2, 0.25) is 0 Å². The summed E-state index contributed by atoms with van der Waals surface area (Å²) < 4.78 is 43.3. The smallest absolute Gasteiger partial charge is 0.282 e. The quantitative estimate of drug-likeness (QED) is 0.742. The topological polar surface area (TPSA) is 64.2 Å². The first-order chi connectivity index (χ1) is 13.4. The minimum absolute atomic E-state index is 0.169. The number of benzene rings is 1. The van der Waals surface area contributed by atoms with Crippen LogP contribution in [0, 0.1) is 5.82 Å². The number of fused-ring (bicyclic) bond motifs is 1. The van der Waals surface area contributed by atoms with E-state index in [-0.39, 0.29) is 24.8 Å². The minimum atomic E-state index is -3.49. The van der Waals surface area contributed by atoms with Gasteiger partial charge in [0.1, 0.15) is 5.82 Å². The molecule has 1 aromatic carbocycles. The standard InChI is InChI=1S/C18H23FN4O3S2/c1-20-5-9-22(10-6-20)28(25,26)23-11-7-21(8-12-23)18(24)17-13-14-15(19)3-2-4-16(14)27-17/h2-4,13H,5-12H2,1H3. The molecule has 4 rings (SSSR count). The molecule has 0 bridgehead atoms. The van der Waals surface area contributed by atoms with Crippen molar-refractivity contribution in [3.8, 4) is 0 Å². The number of halogens is 1. The summed E-state index contributed by atoms with van der Waals surface area (Å²) in [4.78, 5) is 17.0. The van der Waals surface area contributed by atoms with Crippen LogP contribution < -0.4 is 0 Å². The van der Waals surface area contributed by atoms with Crippen molar-refractivity contribution >= 4 is 37.5 Å². The van der Waals surface area contributed by atoms with E-state index in [1.54, 1.807) is 23.1 Å². The van der Waals surface area contributed by atoms with Gasteiger partial charge < -0.3 is 9.80 Å². The lowest BCUT2D eigenvalue weighted by Gasteiger charge is -2.39. The molecule has 2 saturated heterocycles. The number of likely N-dealkylation sites (N-methyl/N-ethyl adjacent to an activating group) is 1. The van der Waals surface area contributed by atoms with E-state index in [9.17, 15) is 17.6 Å². The number of piperazine rings is 2. The van der Waals surface area contributed by atoms with Crippen LogP contribution in [0.25, 0.3) is 10.1 Å². The SMILES string of the molecule is CN1CCN(S(=O)(=O)N2CCN(C(=O)c3cc4c(F)cccc4s3)CC2)CC1. The summed E-state index contributed by atoms with van der Waals surface area (Å²) in [7, 11) is -1.51. The first-order valence-corrected chi connectivity index (χ1v) is 11.5. The third-order valence-electron chi connectivity index (χ3n) is 5.36. The largest absolute Gasteiger partial charge is 0.335 e. The molecule has 3 heterocycles. The Bertz CT molecular complexity index is 978. The average Bonchev–Trinajstić information content (AvgIpc) is 3.14. The lowest BCUT2D eigenvalue weighted by Crippen LogP contribution is -2.57. The van der Waals surface area contributed by atoms with Crippen molar-refractivity contribution in [2.45, 2.75) is 0 Å². The molecule has 0 atom stereocenters. The van der Waals surface area contributed by atoms with Crippen molar-refractivity contribution in [1.82, 2.24) is 18.4 Å². The van der Waals surface area contributed by atoms with E-state index in [0.717, 1.165) is 17.8 Å². The van der Waals surface area contributed by atoms with Gasteiger partial charge in [-0.3, -0.25) is 4.79 Å². The third kappa shape index (κ3) is 3.67. The second-order valence-electron chi connectivity index (χ2n) is 7.16. The van der Waals surface area contributed by atoms with Crippen molar-refractivity contribution in [3.05, 3.63) is 35.0 Å². The van der Waals surface area contributed by atoms with Gasteiger partial charge in [-0.1, -0.05) is 6.07 Å². The van der Waals surface area contributed by atoms with Crippen LogP contribution in [0.5, 0.6) is 0 Å². The highest BCUT2D eigenvalue weighted by Crippen LogP contribution is 2.29. The van der Waals surface area contributed by atoms with Gasteiger partial charge in [0.25, 0.3) is 16.1 Å². The van der Waals surface area contributed by atoms with Crippen LogP contribution in [-0.4, -0.2) is 92.1 Å². The van der Waals surface area contributed by atoms with Crippen molar-refractivity contribution in [2.24, 2.45) is 0 Å². The van der Waals surface area contributed by atoms with Crippen molar-refractivity contribution in [2.75, 3.05) is 59.4 Å². The molecule has 1 amide bonds. The van der Waals surface area contributed by atoms with Crippen LogP contribution in [0.4, 0.5) is 4.39 Å². The highest BCUT2D eigenvalue weighted by atomic mass is 32.2. The summed E-state index contributed by atoms with van der Waals surface area (Å²) in [5.74, 6) is -0.506. The summed E-state index contributed by atoms with van der Waals surface area (Å²) in [6, 6.07) is 6.39. The molecule has 0 radical (unpaired) electrons. The zero-order valence-electron chi connectivity index (χ0n) is 15.7. The fraction of sp³-hybridized carbons (Fsp3) is 0.500. The molecule has 0 aliphatic carbocycles. The molecular formula is C18H23FN4O3S2. The fourth-order valence-corrected chi connectivity index (χ4v) is 6.21. The Kier molecular flexibility index (Phi) is 5.41. The second kappa shape index (κ2) is 7.68. The van der Waals surface area contributed by atoms with Crippen LogP contribution in [0.3, 0.4) is 0 Å². The Morgan fingerprint density at radius 1 is 1.00 bits per heavy atom. The molecule has 2 aromatic rings. The van der Waals surface area contributed by atoms with Gasteiger partial charge >= 0.3 is 0 Å². The Hall–Kier alpha value is -1.59. The molecule has 0 spiro atoms. The van der Waals surface area contributed by atoms with Crippen molar-refractivity contribution < 1.29 is 17.6 Å². The number of hydrogen-bond donors (Lipinski definition) is 0. The first kappa shape index (κ1) is 19.7. The predicted molar refractivity (Wildman–Crippen MR) is 107 cm³/mol. The van der Waals surface area contributed by atoms with Gasteiger partial charge in [0.05, 0.1) is 4.88 Å². The zero-order valence-corrected chi connectivity index (χ0v) is 17.3. The number of thiophene rings is 1. The maximum atomic E-state index is 13.9. The first-order valence-electron chi connectivity index (χ1n) is 9.27. The number of rotatable bonds is 3. The monoisotopic (exact) mass is 426 g/mol. The minimum Gasteiger partial charge on any atom is -0.335 e. The fourth-order valence-electron chi connectivity index (χ4n) is 3.59.